The van der Waals surface area contributed by atoms with E-state index in [0.29, 0.717) is 29.0 Å². The third kappa shape index (κ3) is 4.31. The molecule has 35 heavy (non-hydrogen) atoms. The van der Waals surface area contributed by atoms with E-state index in [-0.39, 0.29) is 0 Å². The molecule has 2 fully saturated rings. The lowest BCUT2D eigenvalue weighted by Crippen LogP contribution is -2.33. The minimum Gasteiger partial charge on any atom is -0.394 e. The molecule has 4 atom stereocenters. The summed E-state index contributed by atoms with van der Waals surface area (Å²) in [6, 6.07) is 0.306. The lowest BCUT2D eigenvalue weighted by atomic mass is 10.1. The van der Waals surface area contributed by atoms with Crippen molar-refractivity contribution in [1.82, 2.24) is 29.3 Å². The zero-order valence-electron chi connectivity index (χ0n) is 20.6. The summed E-state index contributed by atoms with van der Waals surface area (Å²) in [6.45, 7) is 5.81. The molecule has 0 radical (unpaired) electrons. The Balaban J connectivity index is 1.61. The van der Waals surface area contributed by atoms with Gasteiger partial charge in [-0.25, -0.2) is 9.67 Å². The molecule has 190 valence electrons. The Morgan fingerprint density at radius 2 is 1.91 bits per heavy atom. The monoisotopic (exact) mass is 485 g/mol. The van der Waals surface area contributed by atoms with Gasteiger partial charge in [0, 0.05) is 11.7 Å². The van der Waals surface area contributed by atoms with Crippen LogP contribution in [0.2, 0.25) is 0 Å². The van der Waals surface area contributed by atoms with E-state index in [2.05, 4.69) is 17.2 Å². The third-order valence-electron chi connectivity index (χ3n) is 7.31. The van der Waals surface area contributed by atoms with Crippen LogP contribution in [0.5, 0.6) is 0 Å². The standard InChI is InChI=1S/C24H35N7O4/c1-4-5-10-16-13(2)29-31(14(16)3)24-27-21(26-15-8-6-7-9-15)18-22(28-24)30(12-25-18)23-20(34)19(33)17(11-32)35-23/h12,15,17,19-20,23,32-34H,4-11H2,1-3H3,(H,26,27,28)/t17-,19-,20-,23-/m1/s1. The Hall–Kier alpha value is -2.60. The van der Waals surface area contributed by atoms with Crippen LogP contribution >= 0.6 is 0 Å². The number of rotatable bonds is 8. The molecule has 1 saturated carbocycles. The van der Waals surface area contributed by atoms with Crippen molar-refractivity contribution >= 4 is 17.0 Å². The van der Waals surface area contributed by atoms with E-state index < -0.39 is 31.1 Å². The third-order valence-corrected chi connectivity index (χ3v) is 7.31. The molecular formula is C24H35N7O4. The topological polar surface area (TPSA) is 143 Å². The van der Waals surface area contributed by atoms with Crippen LogP contribution in [0.4, 0.5) is 5.82 Å². The van der Waals surface area contributed by atoms with Crippen molar-refractivity contribution in [1.29, 1.82) is 0 Å². The van der Waals surface area contributed by atoms with Gasteiger partial charge in [-0.05, 0) is 45.1 Å². The Morgan fingerprint density at radius 1 is 1.14 bits per heavy atom. The number of hydrogen-bond acceptors (Lipinski definition) is 9. The van der Waals surface area contributed by atoms with E-state index in [0.717, 1.165) is 43.5 Å². The van der Waals surface area contributed by atoms with E-state index in [9.17, 15) is 15.3 Å². The Morgan fingerprint density at radius 3 is 2.60 bits per heavy atom. The molecule has 4 N–H and O–H groups in total. The summed E-state index contributed by atoms with van der Waals surface area (Å²) in [5.41, 5.74) is 4.19. The van der Waals surface area contributed by atoms with Gasteiger partial charge in [-0.1, -0.05) is 26.2 Å². The SMILES string of the molecule is CCCCc1c(C)nn(-c2nc(NC3CCCC3)c3ncn([C@@H]4O[C@H](CO)[C@@H](O)[C@H]4O)c3n2)c1C. The van der Waals surface area contributed by atoms with Gasteiger partial charge in [0.2, 0.25) is 0 Å². The molecule has 1 aliphatic carbocycles. The van der Waals surface area contributed by atoms with E-state index in [1.165, 1.54) is 24.7 Å². The largest absolute Gasteiger partial charge is 0.394 e. The van der Waals surface area contributed by atoms with Gasteiger partial charge in [0.25, 0.3) is 5.95 Å². The van der Waals surface area contributed by atoms with E-state index >= 15 is 0 Å². The molecule has 3 aromatic heterocycles. The van der Waals surface area contributed by atoms with Gasteiger partial charge >= 0.3 is 0 Å². The fraction of sp³-hybridized carbons (Fsp3) is 0.667. The van der Waals surface area contributed by atoms with Crippen LogP contribution in [0.25, 0.3) is 17.1 Å². The van der Waals surface area contributed by atoms with Gasteiger partial charge in [0.05, 0.1) is 18.6 Å². The number of aromatic nitrogens is 6. The molecule has 0 unspecified atom stereocenters. The molecule has 11 nitrogen and oxygen atoms in total. The van der Waals surface area contributed by atoms with Crippen LogP contribution in [-0.4, -0.2) is 75.6 Å². The normalized spacial score (nSPS) is 25.2. The van der Waals surface area contributed by atoms with Gasteiger partial charge in [0.1, 0.15) is 18.3 Å². The summed E-state index contributed by atoms with van der Waals surface area (Å²) < 4.78 is 9.14. The number of anilines is 1. The average Bonchev–Trinajstić information content (AvgIpc) is 3.62. The first-order valence-electron chi connectivity index (χ1n) is 12.6. The van der Waals surface area contributed by atoms with Crippen LogP contribution in [0.1, 0.15) is 68.6 Å². The molecule has 1 saturated heterocycles. The van der Waals surface area contributed by atoms with Crippen LogP contribution in [0.15, 0.2) is 6.33 Å². The quantitative estimate of drug-likeness (QED) is 0.376. The molecule has 0 amide bonds. The second-order valence-electron chi connectivity index (χ2n) is 9.72. The lowest BCUT2D eigenvalue weighted by Gasteiger charge is -2.18. The van der Waals surface area contributed by atoms with Gasteiger partial charge < -0.3 is 25.4 Å². The fourth-order valence-electron chi connectivity index (χ4n) is 5.25. The van der Waals surface area contributed by atoms with Gasteiger partial charge in [0.15, 0.2) is 23.2 Å². The summed E-state index contributed by atoms with van der Waals surface area (Å²) in [5, 5.41) is 38.8. The molecule has 3 aromatic rings. The van der Waals surface area contributed by atoms with Crippen LogP contribution in [0, 0.1) is 13.8 Å². The number of aryl methyl sites for hydroxylation is 1. The summed E-state index contributed by atoms with van der Waals surface area (Å²) in [6.07, 6.45) is 4.89. The first-order chi connectivity index (χ1) is 16.9. The summed E-state index contributed by atoms with van der Waals surface area (Å²) in [4.78, 5) is 14.2. The van der Waals surface area contributed by atoms with E-state index in [1.807, 2.05) is 13.8 Å². The highest BCUT2D eigenvalue weighted by molar-refractivity contribution is 5.84. The maximum atomic E-state index is 10.6. The van der Waals surface area contributed by atoms with E-state index in [1.54, 1.807) is 9.25 Å². The van der Waals surface area contributed by atoms with Crippen molar-refractivity contribution in [2.75, 3.05) is 11.9 Å². The van der Waals surface area contributed by atoms with E-state index in [4.69, 9.17) is 19.8 Å². The molecule has 5 rings (SSSR count). The second kappa shape index (κ2) is 9.81. The number of nitrogens with one attached hydrogen (secondary N) is 1. The highest BCUT2D eigenvalue weighted by Crippen LogP contribution is 2.33. The average molecular weight is 486 g/mol. The van der Waals surface area contributed by atoms with Gasteiger partial charge in [-0.2, -0.15) is 15.1 Å². The Kier molecular flexibility index (Phi) is 6.75. The fourth-order valence-corrected chi connectivity index (χ4v) is 5.25. The van der Waals surface area contributed by atoms with Crippen LogP contribution < -0.4 is 5.32 Å². The summed E-state index contributed by atoms with van der Waals surface area (Å²) in [5.74, 6) is 1.03. The molecule has 11 heteroatoms. The molecule has 1 aliphatic heterocycles. The maximum absolute atomic E-state index is 10.6. The summed E-state index contributed by atoms with van der Waals surface area (Å²) >= 11 is 0. The number of nitrogens with zero attached hydrogens (tertiary/aromatic N) is 6. The molecule has 0 aromatic carbocycles. The first kappa shape index (κ1) is 24.1. The molecule has 4 heterocycles. The van der Waals surface area contributed by atoms with Crippen LogP contribution in [0.3, 0.4) is 0 Å². The van der Waals surface area contributed by atoms with Crippen molar-refractivity contribution in [2.24, 2.45) is 0 Å². The van der Waals surface area contributed by atoms with Crippen molar-refractivity contribution in [2.45, 2.75) is 96.3 Å². The van der Waals surface area contributed by atoms with Crippen molar-refractivity contribution in [3.05, 3.63) is 23.3 Å². The highest BCUT2D eigenvalue weighted by atomic mass is 16.6. The number of hydrogen-bond donors (Lipinski definition) is 4. The van der Waals surface area contributed by atoms with Gasteiger partial charge in [-0.3, -0.25) is 4.57 Å². The van der Waals surface area contributed by atoms with Crippen molar-refractivity contribution < 1.29 is 20.1 Å². The molecule has 0 spiro atoms. The number of imidazole rings is 1. The summed E-state index contributed by atoms with van der Waals surface area (Å²) in [7, 11) is 0. The smallest absolute Gasteiger partial charge is 0.254 e. The maximum Gasteiger partial charge on any atom is 0.254 e. The predicted octanol–water partition coefficient (Wildman–Crippen LogP) is 1.94. The minimum absolute atomic E-state index is 0.306. The number of aliphatic hydroxyl groups is 3. The van der Waals surface area contributed by atoms with Crippen LogP contribution in [-0.2, 0) is 11.2 Å². The number of aliphatic hydroxyl groups excluding tert-OH is 3. The second-order valence-corrected chi connectivity index (χ2v) is 9.72. The van der Waals surface area contributed by atoms with Crippen molar-refractivity contribution in [3.63, 3.8) is 0 Å². The van der Waals surface area contributed by atoms with Gasteiger partial charge in [-0.15, -0.1) is 0 Å². The first-order valence-corrected chi connectivity index (χ1v) is 12.6. The molecular weight excluding hydrogens is 450 g/mol. The predicted molar refractivity (Wildman–Crippen MR) is 129 cm³/mol. The number of fused-ring (bicyclic) bond motifs is 1. The minimum atomic E-state index is -1.23. The molecule has 2 aliphatic rings. The highest BCUT2D eigenvalue weighted by Gasteiger charge is 2.44. The Labute approximate surface area is 204 Å². The number of unbranched alkanes of at least 4 members (excludes halogenated alkanes) is 1. The van der Waals surface area contributed by atoms with Crippen molar-refractivity contribution in [3.8, 4) is 5.95 Å². The lowest BCUT2D eigenvalue weighted by molar-refractivity contribution is -0.0511. The zero-order chi connectivity index (χ0) is 24.7. The molecule has 0 bridgehead atoms. The number of ether oxygens (including phenoxy) is 1. The Bertz CT molecular complexity index is 1190. The zero-order valence-corrected chi connectivity index (χ0v) is 20.6.